The van der Waals surface area contributed by atoms with Gasteiger partial charge in [0.15, 0.2) is 0 Å². The highest BCUT2D eigenvalue weighted by atomic mass is 16.2. The van der Waals surface area contributed by atoms with Crippen LogP contribution in [0.25, 0.3) is 0 Å². The summed E-state index contributed by atoms with van der Waals surface area (Å²) in [4.78, 5) is 23.4. The number of carbonyl (C=O) groups is 1. The van der Waals surface area contributed by atoms with Gasteiger partial charge in [-0.25, -0.2) is 4.68 Å². The fourth-order valence-electron chi connectivity index (χ4n) is 2.65. The molecule has 5 heteroatoms. The van der Waals surface area contributed by atoms with Gasteiger partial charge in [-0.3, -0.25) is 9.59 Å². The van der Waals surface area contributed by atoms with Crippen molar-refractivity contribution in [3.8, 4) is 0 Å². The van der Waals surface area contributed by atoms with Gasteiger partial charge in [0.25, 0.3) is 11.5 Å². The van der Waals surface area contributed by atoms with Gasteiger partial charge in [-0.1, -0.05) is 26.7 Å². The Morgan fingerprint density at radius 3 is 2.79 bits per heavy atom. The van der Waals surface area contributed by atoms with Gasteiger partial charge < -0.3 is 5.32 Å². The number of amides is 1. The van der Waals surface area contributed by atoms with E-state index in [1.165, 1.54) is 23.2 Å². The molecular formula is C14H21N3O2. The van der Waals surface area contributed by atoms with Gasteiger partial charge in [-0.2, -0.15) is 5.10 Å². The average Bonchev–Trinajstić information content (AvgIpc) is 2.38. The zero-order valence-electron chi connectivity index (χ0n) is 11.7. The quantitative estimate of drug-likeness (QED) is 0.875. The van der Waals surface area contributed by atoms with E-state index >= 15 is 0 Å². The van der Waals surface area contributed by atoms with Gasteiger partial charge in [0.05, 0.1) is 0 Å². The van der Waals surface area contributed by atoms with Crippen LogP contribution in [0.4, 0.5) is 0 Å². The lowest BCUT2D eigenvalue weighted by molar-refractivity contribution is 0.0883. The SMILES string of the molecule is C[C@@H]1[C@@H](C)CCC[C@H]1NC(=O)c1ccc(=O)n(C)n1. The summed E-state index contributed by atoms with van der Waals surface area (Å²) >= 11 is 0. The Morgan fingerprint density at radius 2 is 2.11 bits per heavy atom. The van der Waals surface area contributed by atoms with Crippen LogP contribution in [0.1, 0.15) is 43.6 Å². The van der Waals surface area contributed by atoms with Crippen molar-refractivity contribution in [3.63, 3.8) is 0 Å². The summed E-state index contributed by atoms with van der Waals surface area (Å²) in [6, 6.07) is 3.05. The molecule has 1 amide bonds. The standard InChI is InChI=1S/C14H21N3O2/c1-9-5-4-6-11(10(9)2)15-14(19)12-7-8-13(18)17(3)16-12/h7-11H,4-6H2,1-3H3,(H,15,19)/t9-,10+,11+/m0/s1. The smallest absolute Gasteiger partial charge is 0.271 e. The molecular weight excluding hydrogens is 242 g/mol. The van der Waals surface area contributed by atoms with Crippen LogP contribution in [0.2, 0.25) is 0 Å². The van der Waals surface area contributed by atoms with Crippen molar-refractivity contribution < 1.29 is 4.79 Å². The second kappa shape index (κ2) is 5.55. The molecule has 1 aromatic heterocycles. The van der Waals surface area contributed by atoms with Gasteiger partial charge in [0.2, 0.25) is 0 Å². The van der Waals surface area contributed by atoms with Gasteiger partial charge in [0, 0.05) is 19.2 Å². The van der Waals surface area contributed by atoms with Crippen molar-refractivity contribution in [1.82, 2.24) is 15.1 Å². The molecule has 104 valence electrons. The largest absolute Gasteiger partial charge is 0.348 e. The Bertz CT molecular complexity index is 524. The zero-order chi connectivity index (χ0) is 14.0. The molecule has 1 heterocycles. The lowest BCUT2D eigenvalue weighted by Gasteiger charge is -2.34. The number of aryl methyl sites for hydroxylation is 1. The van der Waals surface area contributed by atoms with E-state index < -0.39 is 0 Å². The molecule has 0 saturated heterocycles. The first-order valence-corrected chi connectivity index (χ1v) is 6.84. The average molecular weight is 263 g/mol. The number of rotatable bonds is 2. The molecule has 1 saturated carbocycles. The molecule has 0 bridgehead atoms. The second-order valence-electron chi connectivity index (χ2n) is 5.53. The molecule has 0 unspecified atom stereocenters. The van der Waals surface area contributed by atoms with Crippen LogP contribution in [0, 0.1) is 11.8 Å². The molecule has 0 aliphatic heterocycles. The minimum absolute atomic E-state index is 0.193. The van der Waals surface area contributed by atoms with E-state index in [-0.39, 0.29) is 17.5 Å². The van der Waals surface area contributed by atoms with Crippen molar-refractivity contribution in [2.75, 3.05) is 0 Å². The van der Waals surface area contributed by atoms with E-state index in [1.807, 2.05) is 0 Å². The van der Waals surface area contributed by atoms with E-state index in [1.54, 1.807) is 7.05 Å². The Labute approximate surface area is 113 Å². The number of nitrogens with one attached hydrogen (secondary N) is 1. The molecule has 2 rings (SSSR count). The van der Waals surface area contributed by atoms with E-state index in [0.717, 1.165) is 12.8 Å². The Kier molecular flexibility index (Phi) is 4.02. The lowest BCUT2D eigenvalue weighted by Crippen LogP contribution is -2.44. The van der Waals surface area contributed by atoms with Gasteiger partial charge in [0.1, 0.15) is 5.69 Å². The molecule has 0 spiro atoms. The summed E-state index contributed by atoms with van der Waals surface area (Å²) in [6.45, 7) is 4.41. The summed E-state index contributed by atoms with van der Waals surface area (Å²) < 4.78 is 1.18. The third-order valence-corrected chi connectivity index (χ3v) is 4.22. The van der Waals surface area contributed by atoms with Gasteiger partial charge in [-0.05, 0) is 24.3 Å². The molecule has 1 aliphatic carbocycles. The summed E-state index contributed by atoms with van der Waals surface area (Å²) in [5.41, 5.74) is 0.0868. The Hall–Kier alpha value is -1.65. The van der Waals surface area contributed by atoms with Gasteiger partial charge >= 0.3 is 0 Å². The molecule has 1 N–H and O–H groups in total. The third kappa shape index (κ3) is 3.03. The summed E-state index contributed by atoms with van der Waals surface area (Å²) in [7, 11) is 1.55. The van der Waals surface area contributed by atoms with Crippen molar-refractivity contribution in [2.45, 2.75) is 39.2 Å². The van der Waals surface area contributed by atoms with Crippen LogP contribution >= 0.6 is 0 Å². The van der Waals surface area contributed by atoms with E-state index in [9.17, 15) is 9.59 Å². The lowest BCUT2D eigenvalue weighted by atomic mass is 9.78. The summed E-state index contributed by atoms with van der Waals surface area (Å²) in [5.74, 6) is 0.916. The molecule has 0 radical (unpaired) electrons. The maximum absolute atomic E-state index is 12.1. The molecule has 5 nitrogen and oxygen atoms in total. The number of hydrogen-bond acceptors (Lipinski definition) is 3. The topological polar surface area (TPSA) is 64.0 Å². The van der Waals surface area contributed by atoms with Crippen LogP contribution in [-0.2, 0) is 7.05 Å². The van der Waals surface area contributed by atoms with Crippen molar-refractivity contribution in [2.24, 2.45) is 18.9 Å². The van der Waals surface area contributed by atoms with Gasteiger partial charge in [-0.15, -0.1) is 0 Å². The second-order valence-corrected chi connectivity index (χ2v) is 5.53. The molecule has 0 aromatic carbocycles. The monoisotopic (exact) mass is 263 g/mol. The van der Waals surface area contributed by atoms with Crippen LogP contribution in [0.3, 0.4) is 0 Å². The number of hydrogen-bond donors (Lipinski definition) is 1. The predicted octanol–water partition coefficient (Wildman–Crippen LogP) is 1.33. The minimum Gasteiger partial charge on any atom is -0.348 e. The van der Waals surface area contributed by atoms with Crippen LogP contribution < -0.4 is 10.9 Å². The molecule has 3 atom stereocenters. The van der Waals surface area contributed by atoms with Crippen LogP contribution in [-0.4, -0.2) is 21.7 Å². The third-order valence-electron chi connectivity index (χ3n) is 4.22. The van der Waals surface area contributed by atoms with Crippen LogP contribution in [0.15, 0.2) is 16.9 Å². The maximum atomic E-state index is 12.1. The summed E-state index contributed by atoms with van der Waals surface area (Å²) in [6.07, 6.45) is 3.39. The first-order valence-electron chi connectivity index (χ1n) is 6.84. The molecule has 1 fully saturated rings. The highest BCUT2D eigenvalue weighted by molar-refractivity contribution is 5.92. The summed E-state index contributed by atoms with van der Waals surface area (Å²) in [5, 5.41) is 7.02. The Morgan fingerprint density at radius 1 is 1.37 bits per heavy atom. The minimum atomic E-state index is -0.212. The van der Waals surface area contributed by atoms with E-state index in [2.05, 4.69) is 24.3 Å². The normalized spacial score (nSPS) is 27.0. The van der Waals surface area contributed by atoms with Crippen molar-refractivity contribution >= 4 is 5.91 Å². The fraction of sp³-hybridized carbons (Fsp3) is 0.643. The highest BCUT2D eigenvalue weighted by Gasteiger charge is 2.28. The molecule has 1 aliphatic rings. The van der Waals surface area contributed by atoms with E-state index in [0.29, 0.717) is 17.5 Å². The molecule has 1 aromatic rings. The number of carbonyl (C=O) groups excluding carboxylic acids is 1. The Balaban J connectivity index is 2.08. The number of nitrogens with zero attached hydrogens (tertiary/aromatic N) is 2. The first-order chi connectivity index (χ1) is 8.99. The number of aromatic nitrogens is 2. The predicted molar refractivity (Wildman–Crippen MR) is 72.9 cm³/mol. The highest BCUT2D eigenvalue weighted by Crippen LogP contribution is 2.29. The zero-order valence-corrected chi connectivity index (χ0v) is 11.7. The van der Waals surface area contributed by atoms with Crippen LogP contribution in [0.5, 0.6) is 0 Å². The molecule has 19 heavy (non-hydrogen) atoms. The maximum Gasteiger partial charge on any atom is 0.271 e. The fourth-order valence-corrected chi connectivity index (χ4v) is 2.65. The van der Waals surface area contributed by atoms with Crippen molar-refractivity contribution in [1.29, 1.82) is 0 Å². The van der Waals surface area contributed by atoms with E-state index in [4.69, 9.17) is 0 Å². The van der Waals surface area contributed by atoms with Crippen molar-refractivity contribution in [3.05, 3.63) is 28.2 Å². The first kappa shape index (κ1) is 13.8.